The van der Waals surface area contributed by atoms with Crippen molar-refractivity contribution >= 4 is 35.4 Å². The van der Waals surface area contributed by atoms with Crippen molar-refractivity contribution in [3.05, 3.63) is 118 Å². The second kappa shape index (κ2) is 14.3. The number of rotatable bonds is 9. The molecule has 10 heteroatoms. The lowest BCUT2D eigenvalue weighted by atomic mass is 9.68. The Bertz CT molecular complexity index is 1700. The smallest absolute Gasteiger partial charge is 0.336 e. The first-order valence-corrected chi connectivity index (χ1v) is 15.4. The lowest BCUT2D eigenvalue weighted by molar-refractivity contribution is -0.139. The van der Waals surface area contributed by atoms with E-state index in [1.807, 2.05) is 13.0 Å². The SMILES string of the molecule is COC(=O)C1=C(C)NC(C)=C(C(=O)OCCCN2CCC(c3ccccc3)(c3ccccc3)CC2)C1c1cccc2nonc12.Cl. The van der Waals surface area contributed by atoms with Gasteiger partial charge in [-0.1, -0.05) is 72.8 Å². The highest BCUT2D eigenvalue weighted by molar-refractivity contribution is 6.01. The number of fused-ring (bicyclic) bond motifs is 1. The Morgan fingerprint density at radius 1 is 0.870 bits per heavy atom. The number of esters is 2. The number of dihydropyridines is 1. The van der Waals surface area contributed by atoms with E-state index in [-0.39, 0.29) is 24.4 Å². The normalized spacial score (nSPS) is 18.1. The molecule has 4 aromatic rings. The quantitative estimate of drug-likeness (QED) is 0.172. The van der Waals surface area contributed by atoms with Gasteiger partial charge in [-0.3, -0.25) is 0 Å². The van der Waals surface area contributed by atoms with Crippen LogP contribution in [0, 0.1) is 0 Å². The predicted molar refractivity (Wildman–Crippen MR) is 177 cm³/mol. The number of likely N-dealkylation sites (tertiary alicyclic amines) is 1. The molecule has 1 aromatic heterocycles. The highest BCUT2D eigenvalue weighted by Crippen LogP contribution is 2.43. The first-order valence-electron chi connectivity index (χ1n) is 15.4. The number of ether oxygens (including phenoxy) is 2. The lowest BCUT2D eigenvalue weighted by Gasteiger charge is -2.43. The molecule has 1 unspecified atom stereocenters. The fraction of sp³-hybridized carbons (Fsp3) is 0.333. The molecule has 0 saturated carbocycles. The minimum absolute atomic E-state index is 0. The van der Waals surface area contributed by atoms with Crippen LogP contribution in [0.1, 0.15) is 55.7 Å². The molecular weight excluding hydrogens is 604 g/mol. The zero-order valence-electron chi connectivity index (χ0n) is 26.3. The molecule has 0 spiro atoms. The molecule has 2 aliphatic rings. The Hall–Kier alpha value is -4.47. The van der Waals surface area contributed by atoms with Gasteiger partial charge in [-0.25, -0.2) is 14.2 Å². The maximum Gasteiger partial charge on any atom is 0.336 e. The summed E-state index contributed by atoms with van der Waals surface area (Å²) in [5, 5.41) is 11.2. The van der Waals surface area contributed by atoms with Gasteiger partial charge < -0.3 is 19.7 Å². The average molecular weight is 643 g/mol. The van der Waals surface area contributed by atoms with Crippen LogP contribution in [0.3, 0.4) is 0 Å². The van der Waals surface area contributed by atoms with E-state index in [0.29, 0.717) is 45.6 Å². The van der Waals surface area contributed by atoms with E-state index in [2.05, 4.69) is 81.2 Å². The summed E-state index contributed by atoms with van der Waals surface area (Å²) in [6.07, 6.45) is 2.73. The summed E-state index contributed by atoms with van der Waals surface area (Å²) in [6.45, 7) is 6.58. The van der Waals surface area contributed by atoms with Crippen LogP contribution in [-0.4, -0.2) is 60.5 Å². The second-order valence-electron chi connectivity index (χ2n) is 11.8. The Morgan fingerprint density at radius 2 is 1.48 bits per heavy atom. The van der Waals surface area contributed by atoms with Crippen LogP contribution >= 0.6 is 12.4 Å². The van der Waals surface area contributed by atoms with E-state index >= 15 is 0 Å². The molecule has 240 valence electrons. The highest BCUT2D eigenvalue weighted by atomic mass is 35.5. The summed E-state index contributed by atoms with van der Waals surface area (Å²) in [7, 11) is 1.32. The molecule has 1 N–H and O–H groups in total. The summed E-state index contributed by atoms with van der Waals surface area (Å²) >= 11 is 0. The van der Waals surface area contributed by atoms with E-state index in [4.69, 9.17) is 14.1 Å². The molecular formula is C36H39ClN4O5. The molecule has 3 aromatic carbocycles. The number of hydrogen-bond acceptors (Lipinski definition) is 9. The molecule has 1 fully saturated rings. The topological polar surface area (TPSA) is 107 Å². The van der Waals surface area contributed by atoms with Crippen molar-refractivity contribution in [1.82, 2.24) is 20.5 Å². The molecule has 0 bridgehead atoms. The van der Waals surface area contributed by atoms with Crippen molar-refractivity contribution in [2.24, 2.45) is 0 Å². The first-order chi connectivity index (χ1) is 21.9. The largest absolute Gasteiger partial charge is 0.466 e. The fourth-order valence-electron chi connectivity index (χ4n) is 6.96. The van der Waals surface area contributed by atoms with Crippen LogP contribution < -0.4 is 5.32 Å². The van der Waals surface area contributed by atoms with E-state index in [1.165, 1.54) is 18.2 Å². The van der Waals surface area contributed by atoms with Gasteiger partial charge in [0.15, 0.2) is 0 Å². The number of carbonyl (C=O) groups is 2. The highest BCUT2D eigenvalue weighted by Gasteiger charge is 2.40. The molecule has 1 atom stereocenters. The van der Waals surface area contributed by atoms with Gasteiger partial charge in [-0.15, -0.1) is 12.4 Å². The van der Waals surface area contributed by atoms with Crippen LogP contribution in [0.5, 0.6) is 0 Å². The molecule has 0 radical (unpaired) electrons. The van der Waals surface area contributed by atoms with Gasteiger partial charge in [0.2, 0.25) is 0 Å². The summed E-state index contributed by atoms with van der Waals surface area (Å²) in [5.74, 6) is -1.78. The number of nitrogens with one attached hydrogen (secondary N) is 1. The Morgan fingerprint density at radius 3 is 2.09 bits per heavy atom. The fourth-order valence-corrected chi connectivity index (χ4v) is 6.96. The third-order valence-electron chi connectivity index (χ3n) is 9.23. The lowest BCUT2D eigenvalue weighted by Crippen LogP contribution is -2.43. The number of piperidine rings is 1. The Labute approximate surface area is 275 Å². The van der Waals surface area contributed by atoms with Crippen molar-refractivity contribution in [3.8, 4) is 0 Å². The number of allylic oxidation sites excluding steroid dienone is 2. The molecule has 2 aliphatic heterocycles. The minimum atomic E-state index is -0.756. The van der Waals surface area contributed by atoms with Gasteiger partial charge in [0.1, 0.15) is 11.0 Å². The van der Waals surface area contributed by atoms with Crippen LogP contribution in [0.2, 0.25) is 0 Å². The number of methoxy groups -OCH3 is 1. The zero-order chi connectivity index (χ0) is 31.4. The third-order valence-corrected chi connectivity index (χ3v) is 9.23. The Kier molecular flexibility index (Phi) is 10.2. The summed E-state index contributed by atoms with van der Waals surface area (Å²) in [6, 6.07) is 27.0. The Balaban J connectivity index is 0.00000417. The monoisotopic (exact) mass is 642 g/mol. The number of carbonyl (C=O) groups excluding carboxylic acids is 2. The molecule has 0 aliphatic carbocycles. The van der Waals surface area contributed by atoms with Crippen molar-refractivity contribution in [1.29, 1.82) is 0 Å². The molecule has 3 heterocycles. The van der Waals surface area contributed by atoms with Crippen molar-refractivity contribution < 1.29 is 23.7 Å². The number of aromatic nitrogens is 2. The van der Waals surface area contributed by atoms with Crippen LogP contribution in [-0.2, 0) is 24.5 Å². The van der Waals surface area contributed by atoms with Gasteiger partial charge in [-0.2, -0.15) is 0 Å². The summed E-state index contributed by atoms with van der Waals surface area (Å²) in [5.41, 5.74) is 6.20. The van der Waals surface area contributed by atoms with E-state index in [0.717, 1.165) is 32.5 Å². The van der Waals surface area contributed by atoms with E-state index < -0.39 is 17.9 Å². The molecule has 1 saturated heterocycles. The van der Waals surface area contributed by atoms with Crippen molar-refractivity contribution in [2.45, 2.75) is 44.4 Å². The second-order valence-corrected chi connectivity index (χ2v) is 11.8. The first kappa shape index (κ1) is 32.9. The molecule has 9 nitrogen and oxygen atoms in total. The number of halogens is 1. The van der Waals surface area contributed by atoms with Crippen LogP contribution in [0.4, 0.5) is 0 Å². The zero-order valence-corrected chi connectivity index (χ0v) is 27.1. The van der Waals surface area contributed by atoms with Gasteiger partial charge in [0.25, 0.3) is 0 Å². The van der Waals surface area contributed by atoms with Gasteiger partial charge in [0.05, 0.1) is 30.8 Å². The maximum absolute atomic E-state index is 13.7. The van der Waals surface area contributed by atoms with Gasteiger partial charge in [-0.05, 0) is 79.3 Å². The number of hydrogen-bond donors (Lipinski definition) is 1. The third kappa shape index (κ3) is 6.30. The standard InChI is InChI=1S/C36H38N4O5.ClH/c1-24-30(34(41)43-3)32(28-16-10-17-29-33(28)39-45-38-29)31(25(2)37-24)35(42)44-23-11-20-40-21-18-36(19-22-40,26-12-6-4-7-13-26)27-14-8-5-9-15-27;/h4-10,12-17,32,37H,11,18-23H2,1-3H3;1H. The van der Waals surface area contributed by atoms with E-state index in [1.54, 1.807) is 19.1 Å². The molecule has 46 heavy (non-hydrogen) atoms. The summed E-state index contributed by atoms with van der Waals surface area (Å²) in [4.78, 5) is 29.2. The number of benzene rings is 3. The van der Waals surface area contributed by atoms with Gasteiger partial charge >= 0.3 is 11.9 Å². The molecule has 0 amide bonds. The van der Waals surface area contributed by atoms with E-state index in [9.17, 15) is 9.59 Å². The van der Waals surface area contributed by atoms with Crippen molar-refractivity contribution in [2.75, 3.05) is 33.4 Å². The summed E-state index contributed by atoms with van der Waals surface area (Å²) < 4.78 is 16.0. The number of nitrogens with zero attached hydrogens (tertiary/aromatic N) is 3. The minimum Gasteiger partial charge on any atom is -0.466 e. The predicted octanol–water partition coefficient (Wildman–Crippen LogP) is 6.07. The van der Waals surface area contributed by atoms with Crippen LogP contribution in [0.25, 0.3) is 11.0 Å². The van der Waals surface area contributed by atoms with Gasteiger partial charge in [0, 0.05) is 23.4 Å². The van der Waals surface area contributed by atoms with Crippen molar-refractivity contribution in [3.63, 3.8) is 0 Å². The molecule has 6 rings (SSSR count). The van der Waals surface area contributed by atoms with Crippen LogP contribution in [0.15, 0.2) is 106 Å². The average Bonchev–Trinajstić information content (AvgIpc) is 3.56. The maximum atomic E-state index is 13.7.